The Kier molecular flexibility index (Phi) is 3.69. The minimum Gasteiger partial charge on any atom is -0.496 e. The van der Waals surface area contributed by atoms with E-state index in [1.165, 1.54) is 6.08 Å². The number of halogens is 1. The van der Waals surface area contributed by atoms with Gasteiger partial charge in [0.25, 0.3) is 0 Å². The van der Waals surface area contributed by atoms with Crippen LogP contribution in [0.3, 0.4) is 0 Å². The number of hydrogen-bond acceptors (Lipinski definition) is 3. The lowest BCUT2D eigenvalue weighted by Gasteiger charge is -2.11. The molecule has 0 aliphatic carbocycles. The van der Waals surface area contributed by atoms with Crippen molar-refractivity contribution < 1.29 is 9.53 Å². The molecule has 0 radical (unpaired) electrons. The van der Waals surface area contributed by atoms with Gasteiger partial charge in [0.1, 0.15) is 5.75 Å². The van der Waals surface area contributed by atoms with Crippen LogP contribution in [0.15, 0.2) is 23.2 Å². The highest BCUT2D eigenvalue weighted by atomic mass is 35.5. The number of methoxy groups -OCH3 is 1. The maximum atomic E-state index is 10.1. The van der Waals surface area contributed by atoms with Crippen molar-refractivity contribution in [3.63, 3.8) is 0 Å². The van der Waals surface area contributed by atoms with Gasteiger partial charge in [0.2, 0.25) is 6.08 Å². The molecular formula is C10H10ClNO2. The first-order valence-electron chi connectivity index (χ1n) is 4.05. The lowest BCUT2D eigenvalue weighted by atomic mass is 10.1. The average molecular weight is 212 g/mol. The van der Waals surface area contributed by atoms with Crippen molar-refractivity contribution in [1.82, 2.24) is 0 Å². The third kappa shape index (κ3) is 2.13. The minimum atomic E-state index is -0.733. The third-order valence-corrected chi connectivity index (χ3v) is 2.22. The van der Waals surface area contributed by atoms with Crippen LogP contribution in [0.5, 0.6) is 5.75 Å². The number of alkyl halides is 1. The maximum Gasteiger partial charge on any atom is 0.236 e. The predicted octanol–water partition coefficient (Wildman–Crippen LogP) is 2.58. The second kappa shape index (κ2) is 4.80. The monoisotopic (exact) mass is 211 g/mol. The zero-order valence-electron chi connectivity index (χ0n) is 7.95. The fourth-order valence-electron chi connectivity index (χ4n) is 1.25. The van der Waals surface area contributed by atoms with Crippen LogP contribution in [0, 0.1) is 6.92 Å². The molecule has 0 aliphatic heterocycles. The SMILES string of the molecule is COc1cccc(C)c1C(Cl)N=C=O. The fourth-order valence-corrected chi connectivity index (χ4v) is 1.57. The van der Waals surface area contributed by atoms with Gasteiger partial charge in [-0.05, 0) is 18.6 Å². The van der Waals surface area contributed by atoms with Crippen LogP contribution >= 0.6 is 11.6 Å². The second-order valence-electron chi connectivity index (χ2n) is 2.75. The van der Waals surface area contributed by atoms with E-state index in [4.69, 9.17) is 16.3 Å². The number of aryl methyl sites for hydroxylation is 1. The van der Waals surface area contributed by atoms with Gasteiger partial charge in [-0.15, -0.1) is 0 Å². The van der Waals surface area contributed by atoms with E-state index in [1.54, 1.807) is 13.2 Å². The first-order valence-corrected chi connectivity index (χ1v) is 4.49. The lowest BCUT2D eigenvalue weighted by Crippen LogP contribution is -1.96. The van der Waals surface area contributed by atoms with E-state index in [1.807, 2.05) is 19.1 Å². The molecule has 0 saturated carbocycles. The largest absolute Gasteiger partial charge is 0.496 e. The molecule has 0 aromatic heterocycles. The highest BCUT2D eigenvalue weighted by Crippen LogP contribution is 2.32. The van der Waals surface area contributed by atoms with Gasteiger partial charge in [-0.3, -0.25) is 0 Å². The molecule has 0 saturated heterocycles. The molecule has 0 bridgehead atoms. The van der Waals surface area contributed by atoms with Crippen LogP contribution in [-0.2, 0) is 4.79 Å². The van der Waals surface area contributed by atoms with Gasteiger partial charge < -0.3 is 4.74 Å². The fraction of sp³-hybridized carbons (Fsp3) is 0.300. The van der Waals surface area contributed by atoms with Crippen LogP contribution in [0.25, 0.3) is 0 Å². The Bertz CT molecular complexity index is 372. The van der Waals surface area contributed by atoms with Gasteiger partial charge in [0.05, 0.1) is 7.11 Å². The molecule has 0 spiro atoms. The molecule has 1 unspecified atom stereocenters. The Morgan fingerprint density at radius 2 is 2.29 bits per heavy atom. The summed E-state index contributed by atoms with van der Waals surface area (Å²) < 4.78 is 5.12. The summed E-state index contributed by atoms with van der Waals surface area (Å²) in [7, 11) is 1.55. The van der Waals surface area contributed by atoms with Gasteiger partial charge in [0.15, 0.2) is 5.50 Å². The molecule has 0 N–H and O–H groups in total. The Hall–Kier alpha value is -1.31. The van der Waals surface area contributed by atoms with Gasteiger partial charge >= 0.3 is 0 Å². The molecule has 0 fully saturated rings. The number of rotatable bonds is 3. The van der Waals surface area contributed by atoms with Crippen LogP contribution in [0.4, 0.5) is 0 Å². The molecule has 0 amide bonds. The topological polar surface area (TPSA) is 38.7 Å². The van der Waals surface area contributed by atoms with Crippen molar-refractivity contribution >= 4 is 17.7 Å². The first kappa shape index (κ1) is 10.8. The van der Waals surface area contributed by atoms with Crippen LogP contribution in [-0.4, -0.2) is 13.2 Å². The number of isocyanates is 1. The van der Waals surface area contributed by atoms with E-state index in [0.29, 0.717) is 11.3 Å². The zero-order valence-corrected chi connectivity index (χ0v) is 8.71. The molecule has 4 heteroatoms. The number of carbonyl (C=O) groups excluding carboxylic acids is 1. The smallest absolute Gasteiger partial charge is 0.236 e. The lowest BCUT2D eigenvalue weighted by molar-refractivity contribution is 0.409. The van der Waals surface area contributed by atoms with E-state index < -0.39 is 5.50 Å². The van der Waals surface area contributed by atoms with Crippen molar-refractivity contribution in [3.8, 4) is 5.75 Å². The Morgan fingerprint density at radius 1 is 1.57 bits per heavy atom. The summed E-state index contributed by atoms with van der Waals surface area (Å²) in [5, 5.41) is 0. The molecular weight excluding hydrogens is 202 g/mol. The summed E-state index contributed by atoms with van der Waals surface area (Å²) in [5.41, 5.74) is 0.909. The molecule has 0 aliphatic rings. The Balaban J connectivity index is 3.22. The number of aliphatic imine (C=N–C) groups is 1. The molecule has 1 aromatic carbocycles. The van der Waals surface area contributed by atoms with E-state index in [2.05, 4.69) is 4.99 Å². The molecule has 1 aromatic rings. The van der Waals surface area contributed by atoms with E-state index in [0.717, 1.165) is 5.56 Å². The standard InChI is InChI=1S/C10H10ClNO2/c1-7-4-3-5-8(14-2)9(7)10(11)12-6-13/h3-5,10H,1-2H3. The number of nitrogens with zero attached hydrogens (tertiary/aromatic N) is 1. The summed E-state index contributed by atoms with van der Waals surface area (Å²) >= 11 is 5.89. The van der Waals surface area contributed by atoms with Crippen molar-refractivity contribution in [2.75, 3.05) is 7.11 Å². The molecule has 3 nitrogen and oxygen atoms in total. The van der Waals surface area contributed by atoms with Crippen molar-refractivity contribution in [1.29, 1.82) is 0 Å². The first-order chi connectivity index (χ1) is 6.70. The second-order valence-corrected chi connectivity index (χ2v) is 3.16. The average Bonchev–Trinajstić information content (AvgIpc) is 2.17. The Morgan fingerprint density at radius 3 is 2.86 bits per heavy atom. The van der Waals surface area contributed by atoms with Crippen LogP contribution in [0.2, 0.25) is 0 Å². The predicted molar refractivity (Wildman–Crippen MR) is 54.4 cm³/mol. The van der Waals surface area contributed by atoms with Crippen molar-refractivity contribution in [3.05, 3.63) is 29.3 Å². The zero-order chi connectivity index (χ0) is 10.6. The minimum absolute atomic E-state index is 0.629. The van der Waals surface area contributed by atoms with Gasteiger partial charge in [-0.2, -0.15) is 4.99 Å². The highest BCUT2D eigenvalue weighted by Gasteiger charge is 2.14. The molecule has 1 rings (SSSR count). The quantitative estimate of drug-likeness (QED) is 0.334. The van der Waals surface area contributed by atoms with Crippen LogP contribution < -0.4 is 4.74 Å². The maximum absolute atomic E-state index is 10.1. The van der Waals surface area contributed by atoms with Crippen molar-refractivity contribution in [2.24, 2.45) is 4.99 Å². The third-order valence-electron chi connectivity index (χ3n) is 1.91. The summed E-state index contributed by atoms with van der Waals surface area (Å²) in [5.74, 6) is 0.629. The normalized spacial score (nSPS) is 11.6. The van der Waals surface area contributed by atoms with Crippen molar-refractivity contribution in [2.45, 2.75) is 12.4 Å². The molecule has 1 atom stereocenters. The van der Waals surface area contributed by atoms with E-state index in [-0.39, 0.29) is 0 Å². The van der Waals surface area contributed by atoms with E-state index in [9.17, 15) is 4.79 Å². The van der Waals surface area contributed by atoms with Gasteiger partial charge in [0, 0.05) is 5.56 Å². The highest BCUT2D eigenvalue weighted by molar-refractivity contribution is 6.21. The summed E-state index contributed by atoms with van der Waals surface area (Å²) in [4.78, 5) is 13.5. The summed E-state index contributed by atoms with van der Waals surface area (Å²) in [6, 6.07) is 5.51. The molecule has 14 heavy (non-hydrogen) atoms. The number of ether oxygens (including phenoxy) is 1. The number of benzene rings is 1. The van der Waals surface area contributed by atoms with Gasteiger partial charge in [-0.1, -0.05) is 23.7 Å². The summed E-state index contributed by atoms with van der Waals surface area (Å²) in [6.07, 6.45) is 1.43. The van der Waals surface area contributed by atoms with Crippen LogP contribution in [0.1, 0.15) is 16.6 Å². The Labute approximate surface area is 87.4 Å². The molecule has 0 heterocycles. The molecule has 74 valence electrons. The number of hydrogen-bond donors (Lipinski definition) is 0. The van der Waals surface area contributed by atoms with Gasteiger partial charge in [-0.25, -0.2) is 4.79 Å². The van der Waals surface area contributed by atoms with E-state index >= 15 is 0 Å². The summed E-state index contributed by atoms with van der Waals surface area (Å²) in [6.45, 7) is 1.88.